The van der Waals surface area contributed by atoms with Crippen LogP contribution in [0.2, 0.25) is 0 Å². The summed E-state index contributed by atoms with van der Waals surface area (Å²) < 4.78 is 5.28. The highest BCUT2D eigenvalue weighted by Gasteiger charge is 2.16. The molecule has 2 aromatic carbocycles. The van der Waals surface area contributed by atoms with E-state index in [-0.39, 0.29) is 18.0 Å². The van der Waals surface area contributed by atoms with Crippen LogP contribution in [0.15, 0.2) is 83.1 Å². The molecule has 3 amide bonds. The predicted octanol–water partition coefficient (Wildman–Crippen LogP) is 3.32. The van der Waals surface area contributed by atoms with Crippen molar-refractivity contribution in [3.8, 4) is 0 Å². The average molecular weight is 417 g/mol. The van der Waals surface area contributed by atoms with Gasteiger partial charge in [0.05, 0.1) is 12.7 Å². The van der Waals surface area contributed by atoms with Crippen molar-refractivity contribution in [2.24, 2.45) is 0 Å². The van der Waals surface area contributed by atoms with Gasteiger partial charge in [0, 0.05) is 31.4 Å². The van der Waals surface area contributed by atoms with Gasteiger partial charge in [0.25, 0.3) is 11.8 Å². The van der Waals surface area contributed by atoms with Gasteiger partial charge in [0.2, 0.25) is 5.91 Å². The van der Waals surface area contributed by atoms with Crippen molar-refractivity contribution in [2.75, 3.05) is 19.4 Å². The summed E-state index contributed by atoms with van der Waals surface area (Å²) in [6.07, 6.45) is 3.21. The van der Waals surface area contributed by atoms with E-state index in [2.05, 4.69) is 10.6 Å². The fourth-order valence-corrected chi connectivity index (χ4v) is 2.70. The first-order valence-electron chi connectivity index (χ1n) is 9.64. The second-order valence-electron chi connectivity index (χ2n) is 7.01. The van der Waals surface area contributed by atoms with E-state index >= 15 is 0 Å². The zero-order valence-corrected chi connectivity index (χ0v) is 17.3. The number of benzene rings is 2. The molecule has 1 aromatic heterocycles. The summed E-state index contributed by atoms with van der Waals surface area (Å²) in [5.41, 5.74) is 1.83. The summed E-state index contributed by atoms with van der Waals surface area (Å²) in [5.74, 6) is -0.496. The van der Waals surface area contributed by atoms with E-state index in [1.807, 2.05) is 0 Å². The first-order valence-corrected chi connectivity index (χ1v) is 9.64. The number of furan rings is 1. The molecule has 0 saturated carbocycles. The van der Waals surface area contributed by atoms with Crippen molar-refractivity contribution < 1.29 is 18.8 Å². The molecule has 0 saturated heterocycles. The lowest BCUT2D eigenvalue weighted by Gasteiger charge is -2.12. The fourth-order valence-electron chi connectivity index (χ4n) is 2.70. The van der Waals surface area contributed by atoms with E-state index in [1.165, 1.54) is 17.2 Å². The molecule has 0 aliphatic heterocycles. The molecular weight excluding hydrogens is 394 g/mol. The van der Waals surface area contributed by atoms with E-state index in [0.717, 1.165) is 5.56 Å². The lowest BCUT2D eigenvalue weighted by atomic mass is 10.1. The van der Waals surface area contributed by atoms with E-state index in [9.17, 15) is 14.4 Å². The quantitative estimate of drug-likeness (QED) is 0.577. The van der Waals surface area contributed by atoms with E-state index < -0.39 is 11.8 Å². The highest BCUT2D eigenvalue weighted by atomic mass is 16.3. The van der Waals surface area contributed by atoms with Crippen LogP contribution in [0, 0.1) is 0 Å². The van der Waals surface area contributed by atoms with Crippen molar-refractivity contribution in [3.63, 3.8) is 0 Å². The number of hydrogen-bond acceptors (Lipinski definition) is 4. The number of rotatable bonds is 7. The van der Waals surface area contributed by atoms with Gasteiger partial charge in [-0.15, -0.1) is 0 Å². The molecule has 0 aliphatic carbocycles. The number of carbonyl (C=O) groups excluding carboxylic acids is 3. The molecule has 158 valence electrons. The molecule has 0 radical (unpaired) electrons. The first kappa shape index (κ1) is 21.6. The van der Waals surface area contributed by atoms with E-state index in [1.54, 1.807) is 80.8 Å². The van der Waals surface area contributed by atoms with Crippen molar-refractivity contribution in [1.82, 2.24) is 10.2 Å². The normalized spacial score (nSPS) is 11.0. The highest BCUT2D eigenvalue weighted by molar-refractivity contribution is 6.10. The van der Waals surface area contributed by atoms with E-state index in [4.69, 9.17) is 4.42 Å². The smallest absolute Gasteiger partial charge is 0.272 e. The molecule has 0 spiro atoms. The number of nitrogens with zero attached hydrogens (tertiary/aromatic N) is 1. The van der Waals surface area contributed by atoms with Gasteiger partial charge in [-0.3, -0.25) is 14.4 Å². The molecule has 0 aliphatic rings. The highest BCUT2D eigenvalue weighted by Crippen LogP contribution is 2.14. The standard InChI is InChI=1S/C24H23N3O4/c1-27(2)22(28)15-17-10-12-19(13-11-17)25-24(30)21(16-20-9-6-14-31-20)26-23(29)18-7-4-3-5-8-18/h3-14,16H,15H2,1-2H3,(H,25,30)(H,26,29). The molecule has 0 bridgehead atoms. The average Bonchev–Trinajstić information content (AvgIpc) is 3.28. The number of anilines is 1. The topological polar surface area (TPSA) is 91.7 Å². The Bertz CT molecular complexity index is 1070. The zero-order chi connectivity index (χ0) is 22.2. The summed E-state index contributed by atoms with van der Waals surface area (Å²) in [4.78, 5) is 38.8. The number of amides is 3. The van der Waals surface area contributed by atoms with Crippen LogP contribution >= 0.6 is 0 Å². The second-order valence-corrected chi connectivity index (χ2v) is 7.01. The second kappa shape index (κ2) is 10.1. The molecule has 31 heavy (non-hydrogen) atoms. The molecule has 3 aromatic rings. The third-order valence-corrected chi connectivity index (χ3v) is 4.42. The number of nitrogens with one attached hydrogen (secondary N) is 2. The van der Waals surface area contributed by atoms with Crippen molar-refractivity contribution in [1.29, 1.82) is 0 Å². The molecule has 3 rings (SSSR count). The van der Waals surface area contributed by atoms with Crippen LogP contribution in [0.25, 0.3) is 6.08 Å². The third kappa shape index (κ3) is 6.17. The maximum Gasteiger partial charge on any atom is 0.272 e. The number of hydrogen-bond donors (Lipinski definition) is 2. The van der Waals surface area contributed by atoms with Crippen LogP contribution in [0.5, 0.6) is 0 Å². The summed E-state index contributed by atoms with van der Waals surface area (Å²) >= 11 is 0. The van der Waals surface area contributed by atoms with Crippen LogP contribution < -0.4 is 10.6 Å². The summed E-state index contributed by atoms with van der Waals surface area (Å²) in [5, 5.41) is 5.40. The predicted molar refractivity (Wildman–Crippen MR) is 118 cm³/mol. The third-order valence-electron chi connectivity index (χ3n) is 4.42. The molecule has 7 nitrogen and oxygen atoms in total. The Morgan fingerprint density at radius 3 is 2.26 bits per heavy atom. The molecule has 0 fully saturated rings. The Morgan fingerprint density at radius 2 is 1.65 bits per heavy atom. The van der Waals surface area contributed by atoms with Crippen LogP contribution in [-0.4, -0.2) is 36.7 Å². The Morgan fingerprint density at radius 1 is 0.935 bits per heavy atom. The van der Waals surface area contributed by atoms with Gasteiger partial charge < -0.3 is 20.0 Å². The van der Waals surface area contributed by atoms with Crippen LogP contribution in [0.1, 0.15) is 21.7 Å². The van der Waals surface area contributed by atoms with Crippen molar-refractivity contribution in [3.05, 3.63) is 95.6 Å². The van der Waals surface area contributed by atoms with Crippen LogP contribution in [0.3, 0.4) is 0 Å². The van der Waals surface area contributed by atoms with Crippen LogP contribution in [0.4, 0.5) is 5.69 Å². The maximum atomic E-state index is 12.9. The number of carbonyl (C=O) groups is 3. The molecule has 0 unspecified atom stereocenters. The van der Waals surface area contributed by atoms with Crippen molar-refractivity contribution >= 4 is 29.5 Å². The van der Waals surface area contributed by atoms with Gasteiger partial charge in [-0.1, -0.05) is 30.3 Å². The number of likely N-dealkylation sites (N-methyl/N-ethyl adjacent to an activating group) is 1. The monoisotopic (exact) mass is 417 g/mol. The van der Waals surface area contributed by atoms with Gasteiger partial charge in [-0.05, 0) is 42.0 Å². The van der Waals surface area contributed by atoms with Crippen LogP contribution in [-0.2, 0) is 16.0 Å². The summed E-state index contributed by atoms with van der Waals surface area (Å²) in [7, 11) is 3.40. The Balaban J connectivity index is 1.74. The Kier molecular flexibility index (Phi) is 7.01. The van der Waals surface area contributed by atoms with E-state index in [0.29, 0.717) is 17.0 Å². The SMILES string of the molecule is CN(C)C(=O)Cc1ccc(NC(=O)C(=Cc2ccco2)NC(=O)c2ccccc2)cc1. The Labute approximate surface area is 180 Å². The minimum atomic E-state index is -0.502. The van der Waals surface area contributed by atoms with Gasteiger partial charge in [0.1, 0.15) is 11.5 Å². The zero-order valence-electron chi connectivity index (χ0n) is 17.3. The summed E-state index contributed by atoms with van der Waals surface area (Å²) in [6, 6.07) is 18.9. The largest absolute Gasteiger partial charge is 0.465 e. The molecule has 2 N–H and O–H groups in total. The van der Waals surface area contributed by atoms with Crippen molar-refractivity contribution in [2.45, 2.75) is 6.42 Å². The lowest BCUT2D eigenvalue weighted by Crippen LogP contribution is -2.30. The first-order chi connectivity index (χ1) is 14.9. The molecular formula is C24H23N3O4. The van der Waals surface area contributed by atoms with Gasteiger partial charge in [0.15, 0.2) is 0 Å². The summed E-state index contributed by atoms with van der Waals surface area (Å²) in [6.45, 7) is 0. The minimum Gasteiger partial charge on any atom is -0.465 e. The molecule has 0 atom stereocenters. The fraction of sp³-hybridized carbons (Fsp3) is 0.125. The van der Waals surface area contributed by atoms with Gasteiger partial charge in [-0.25, -0.2) is 0 Å². The Hall–Kier alpha value is -4.13. The maximum absolute atomic E-state index is 12.9. The lowest BCUT2D eigenvalue weighted by molar-refractivity contribution is -0.128. The molecule has 1 heterocycles. The minimum absolute atomic E-state index is 0.0101. The van der Waals surface area contributed by atoms with Gasteiger partial charge >= 0.3 is 0 Å². The van der Waals surface area contributed by atoms with Gasteiger partial charge in [-0.2, -0.15) is 0 Å². The molecule has 7 heteroatoms.